The summed E-state index contributed by atoms with van der Waals surface area (Å²) < 4.78 is 5.98. The molecule has 1 atom stereocenters. The van der Waals surface area contributed by atoms with E-state index in [1.165, 1.54) is 35.5 Å². The average molecular weight is 493 g/mol. The monoisotopic (exact) mass is 492 g/mol. The second-order valence-electron chi connectivity index (χ2n) is 7.57. The number of rotatable bonds is 4. The lowest BCUT2D eigenvalue weighted by atomic mass is 9.95. The maximum atomic E-state index is 13.3. The Morgan fingerprint density at radius 2 is 1.85 bits per heavy atom. The molecule has 2 N–H and O–H groups in total. The predicted octanol–water partition coefficient (Wildman–Crippen LogP) is 5.29. The van der Waals surface area contributed by atoms with Crippen molar-refractivity contribution in [3.05, 3.63) is 88.5 Å². The Bertz CT molecular complexity index is 1480. The van der Waals surface area contributed by atoms with Crippen molar-refractivity contribution in [2.75, 3.05) is 12.0 Å². The Morgan fingerprint density at radius 3 is 2.59 bits per heavy atom. The highest BCUT2D eigenvalue weighted by molar-refractivity contribution is 7.22. The standard InChI is InChI=1S/C25H17ClN2O5S/c1-33-18-11-14(7-10-17(18)29)21-20(22(30)13-5-3-2-4-6-13)23(31)24(32)28(21)25-27-16-9-8-15(26)12-19(16)34-25/h2-12,21,29-30H,1H3. The Kier molecular flexibility index (Phi) is 5.47. The molecular weight excluding hydrogens is 476 g/mol. The summed E-state index contributed by atoms with van der Waals surface area (Å²) in [4.78, 5) is 32.4. The maximum Gasteiger partial charge on any atom is 0.301 e. The van der Waals surface area contributed by atoms with Crippen LogP contribution in [-0.4, -0.2) is 34.0 Å². The SMILES string of the molecule is COc1cc(C2C(=C(O)c3ccccc3)C(=O)C(=O)N2c2nc3ccc(Cl)cc3s2)ccc1O. The Morgan fingerprint density at radius 1 is 1.09 bits per heavy atom. The van der Waals surface area contributed by atoms with Crippen LogP contribution >= 0.6 is 22.9 Å². The van der Waals surface area contributed by atoms with Crippen molar-refractivity contribution in [1.82, 2.24) is 4.98 Å². The maximum absolute atomic E-state index is 13.3. The van der Waals surface area contributed by atoms with E-state index in [1.807, 2.05) is 0 Å². The van der Waals surface area contributed by atoms with Crippen molar-refractivity contribution < 1.29 is 24.5 Å². The number of ketones is 1. The number of ether oxygens (including phenoxy) is 1. The van der Waals surface area contributed by atoms with Crippen LogP contribution in [0.4, 0.5) is 5.13 Å². The molecule has 5 rings (SSSR count). The van der Waals surface area contributed by atoms with Gasteiger partial charge in [-0.05, 0) is 35.9 Å². The summed E-state index contributed by atoms with van der Waals surface area (Å²) in [6.07, 6.45) is 0. The molecule has 0 bridgehead atoms. The van der Waals surface area contributed by atoms with Crippen LogP contribution in [0.5, 0.6) is 11.5 Å². The lowest BCUT2D eigenvalue weighted by Crippen LogP contribution is -2.29. The number of anilines is 1. The molecule has 4 aromatic rings. The summed E-state index contributed by atoms with van der Waals surface area (Å²) in [6.45, 7) is 0. The number of aromatic hydroxyl groups is 1. The fourth-order valence-corrected chi connectivity index (χ4v) is 5.22. The van der Waals surface area contributed by atoms with Crippen LogP contribution in [-0.2, 0) is 9.59 Å². The molecule has 0 aliphatic carbocycles. The van der Waals surface area contributed by atoms with Gasteiger partial charge in [0.1, 0.15) is 5.76 Å². The number of carbonyl (C=O) groups excluding carboxylic acids is 2. The molecule has 170 valence electrons. The summed E-state index contributed by atoms with van der Waals surface area (Å²) in [5, 5.41) is 22.0. The highest BCUT2D eigenvalue weighted by Crippen LogP contribution is 2.45. The first-order chi connectivity index (χ1) is 16.4. The van der Waals surface area contributed by atoms with Gasteiger partial charge in [0.05, 0.1) is 28.9 Å². The quantitative estimate of drug-likeness (QED) is 0.228. The van der Waals surface area contributed by atoms with Gasteiger partial charge >= 0.3 is 5.91 Å². The first-order valence-electron chi connectivity index (χ1n) is 10.2. The van der Waals surface area contributed by atoms with Gasteiger partial charge in [0.2, 0.25) is 0 Å². The number of aliphatic hydroxyl groups is 1. The van der Waals surface area contributed by atoms with Gasteiger partial charge in [0.15, 0.2) is 16.6 Å². The molecule has 7 nitrogen and oxygen atoms in total. The number of benzene rings is 3. The molecule has 9 heteroatoms. The van der Waals surface area contributed by atoms with Gasteiger partial charge in [-0.25, -0.2) is 4.98 Å². The summed E-state index contributed by atoms with van der Waals surface area (Å²) in [5.74, 6) is -1.89. The van der Waals surface area contributed by atoms with Crippen molar-refractivity contribution in [1.29, 1.82) is 0 Å². The van der Waals surface area contributed by atoms with E-state index in [0.717, 1.165) is 4.70 Å². The fourth-order valence-electron chi connectivity index (χ4n) is 3.95. The van der Waals surface area contributed by atoms with E-state index in [1.54, 1.807) is 54.6 Å². The van der Waals surface area contributed by atoms with E-state index in [2.05, 4.69) is 4.98 Å². The minimum Gasteiger partial charge on any atom is -0.507 e. The predicted molar refractivity (Wildman–Crippen MR) is 131 cm³/mol. The molecule has 1 fully saturated rings. The van der Waals surface area contributed by atoms with Gasteiger partial charge in [0.25, 0.3) is 5.78 Å². The molecule has 1 amide bonds. The fraction of sp³-hybridized carbons (Fsp3) is 0.0800. The number of phenols is 1. The van der Waals surface area contributed by atoms with Gasteiger partial charge < -0.3 is 14.9 Å². The molecule has 2 heterocycles. The van der Waals surface area contributed by atoms with Crippen LogP contribution in [0, 0.1) is 0 Å². The van der Waals surface area contributed by atoms with Crippen molar-refractivity contribution in [2.45, 2.75) is 6.04 Å². The number of thiazole rings is 1. The highest BCUT2D eigenvalue weighted by Gasteiger charge is 2.48. The van der Waals surface area contributed by atoms with Crippen LogP contribution in [0.25, 0.3) is 16.0 Å². The van der Waals surface area contributed by atoms with Crippen molar-refractivity contribution in [2.24, 2.45) is 0 Å². The van der Waals surface area contributed by atoms with E-state index in [9.17, 15) is 19.8 Å². The number of halogens is 1. The molecule has 0 spiro atoms. The molecule has 1 unspecified atom stereocenters. The van der Waals surface area contributed by atoms with Crippen LogP contribution < -0.4 is 9.64 Å². The molecule has 1 aromatic heterocycles. The Labute approximate surface area is 203 Å². The minimum absolute atomic E-state index is 0.0822. The highest BCUT2D eigenvalue weighted by atomic mass is 35.5. The summed E-state index contributed by atoms with van der Waals surface area (Å²) in [7, 11) is 1.40. The zero-order chi connectivity index (χ0) is 24.0. The topological polar surface area (TPSA) is 100.0 Å². The van der Waals surface area contributed by atoms with Crippen molar-refractivity contribution in [3.63, 3.8) is 0 Å². The molecule has 1 aliphatic rings. The number of aliphatic hydroxyl groups excluding tert-OH is 1. The summed E-state index contributed by atoms with van der Waals surface area (Å²) in [5.41, 5.74) is 1.40. The number of carbonyl (C=O) groups is 2. The van der Waals surface area contributed by atoms with Gasteiger partial charge in [0, 0.05) is 10.6 Å². The third-order valence-electron chi connectivity index (χ3n) is 5.56. The van der Waals surface area contributed by atoms with Crippen LogP contribution in [0.15, 0.2) is 72.3 Å². The number of Topliss-reactive ketones (excluding diaryl/α,β-unsaturated/α-hetero) is 1. The van der Waals surface area contributed by atoms with Crippen LogP contribution in [0.2, 0.25) is 5.02 Å². The van der Waals surface area contributed by atoms with Gasteiger partial charge in [-0.15, -0.1) is 0 Å². The third kappa shape index (κ3) is 3.57. The zero-order valence-electron chi connectivity index (χ0n) is 17.7. The number of aromatic nitrogens is 1. The molecular formula is C25H17ClN2O5S. The summed E-state index contributed by atoms with van der Waals surface area (Å²) >= 11 is 7.32. The summed E-state index contributed by atoms with van der Waals surface area (Å²) in [6, 6.07) is 17.2. The first kappa shape index (κ1) is 21.9. The van der Waals surface area contributed by atoms with E-state index >= 15 is 0 Å². The minimum atomic E-state index is -0.995. The molecule has 34 heavy (non-hydrogen) atoms. The van der Waals surface area contributed by atoms with Crippen LogP contribution in [0.3, 0.4) is 0 Å². The number of methoxy groups -OCH3 is 1. The largest absolute Gasteiger partial charge is 0.507 e. The lowest BCUT2D eigenvalue weighted by Gasteiger charge is -2.23. The molecule has 0 saturated carbocycles. The normalized spacial score (nSPS) is 17.5. The number of amides is 1. The second-order valence-corrected chi connectivity index (χ2v) is 9.02. The van der Waals surface area contributed by atoms with Crippen LogP contribution in [0.1, 0.15) is 17.2 Å². The number of hydrogen-bond acceptors (Lipinski definition) is 7. The van der Waals surface area contributed by atoms with E-state index in [0.29, 0.717) is 21.7 Å². The van der Waals surface area contributed by atoms with Crippen molar-refractivity contribution in [3.8, 4) is 11.5 Å². The third-order valence-corrected chi connectivity index (χ3v) is 6.81. The smallest absolute Gasteiger partial charge is 0.301 e. The van der Waals surface area contributed by atoms with Gasteiger partial charge in [-0.3, -0.25) is 14.5 Å². The Hall–Kier alpha value is -3.88. The zero-order valence-corrected chi connectivity index (χ0v) is 19.3. The first-order valence-corrected chi connectivity index (χ1v) is 11.4. The molecule has 1 saturated heterocycles. The number of hydrogen-bond donors (Lipinski definition) is 2. The average Bonchev–Trinajstić information content (AvgIpc) is 3.37. The number of phenolic OH excluding ortho intramolecular Hbond substituents is 1. The Balaban J connectivity index is 1.75. The second kappa shape index (κ2) is 8.48. The number of fused-ring (bicyclic) bond motifs is 1. The molecule has 1 aliphatic heterocycles. The molecule has 3 aromatic carbocycles. The van der Waals surface area contributed by atoms with E-state index in [4.69, 9.17) is 16.3 Å². The molecule has 0 radical (unpaired) electrons. The number of nitrogens with zero attached hydrogens (tertiary/aromatic N) is 2. The van der Waals surface area contributed by atoms with E-state index < -0.39 is 17.7 Å². The lowest BCUT2D eigenvalue weighted by molar-refractivity contribution is -0.132. The van der Waals surface area contributed by atoms with Crippen molar-refractivity contribution >= 4 is 55.7 Å². The van der Waals surface area contributed by atoms with Gasteiger partial charge in [-0.2, -0.15) is 0 Å². The van der Waals surface area contributed by atoms with E-state index in [-0.39, 0.29) is 28.0 Å². The van der Waals surface area contributed by atoms with Gasteiger partial charge in [-0.1, -0.05) is 59.3 Å².